The van der Waals surface area contributed by atoms with Gasteiger partial charge in [0.2, 0.25) is 0 Å². The predicted octanol–water partition coefficient (Wildman–Crippen LogP) is 4.81. The molecule has 0 radical (unpaired) electrons. The van der Waals surface area contributed by atoms with Gasteiger partial charge in [-0.15, -0.1) is 0 Å². The van der Waals surface area contributed by atoms with Gasteiger partial charge in [-0.3, -0.25) is 19.1 Å². The maximum atomic E-state index is 13.9. The summed E-state index contributed by atoms with van der Waals surface area (Å²) in [6.07, 6.45) is -0.593. The summed E-state index contributed by atoms with van der Waals surface area (Å²) in [4.78, 5) is 41.7. The van der Waals surface area contributed by atoms with Crippen LogP contribution in [0.3, 0.4) is 0 Å². The minimum Gasteiger partial charge on any atom is -0.466 e. The minimum atomic E-state index is -0.977. The fourth-order valence-corrected chi connectivity index (χ4v) is 4.80. The van der Waals surface area contributed by atoms with Crippen LogP contribution in [0.1, 0.15) is 52.5 Å². The molecule has 3 heterocycles. The van der Waals surface area contributed by atoms with Crippen molar-refractivity contribution in [3.8, 4) is 0 Å². The molecule has 1 fully saturated rings. The second kappa shape index (κ2) is 8.94. The number of esters is 1. The topological polar surface area (TPSA) is 104 Å². The van der Waals surface area contributed by atoms with Crippen LogP contribution in [0.5, 0.6) is 0 Å². The van der Waals surface area contributed by atoms with Crippen molar-refractivity contribution in [2.45, 2.75) is 59.2 Å². The van der Waals surface area contributed by atoms with Gasteiger partial charge in [-0.05, 0) is 59.6 Å². The molecule has 1 aromatic carbocycles. The van der Waals surface area contributed by atoms with Crippen molar-refractivity contribution >= 4 is 45.5 Å². The summed E-state index contributed by atoms with van der Waals surface area (Å²) in [6, 6.07) is 5.12. The molecule has 34 heavy (non-hydrogen) atoms. The summed E-state index contributed by atoms with van der Waals surface area (Å²) in [5.41, 5.74) is -0.415. The molecule has 0 N–H and O–H groups in total. The van der Waals surface area contributed by atoms with Crippen LogP contribution in [0.4, 0.5) is 4.79 Å². The molecular weight excluding hydrogens is 462 g/mol. The molecule has 1 aliphatic heterocycles. The molecule has 2 aromatic heterocycles. The second-order valence-corrected chi connectivity index (χ2v) is 9.77. The van der Waals surface area contributed by atoms with E-state index >= 15 is 0 Å². The van der Waals surface area contributed by atoms with Crippen LogP contribution in [0.15, 0.2) is 27.5 Å². The van der Waals surface area contributed by atoms with E-state index in [4.69, 9.17) is 25.6 Å². The lowest BCUT2D eigenvalue weighted by Gasteiger charge is -2.41. The molecule has 0 bridgehead atoms. The molecule has 0 spiro atoms. The van der Waals surface area contributed by atoms with Gasteiger partial charge in [-0.25, -0.2) is 4.79 Å². The largest absolute Gasteiger partial charge is 0.466 e. The Morgan fingerprint density at radius 2 is 2.00 bits per heavy atom. The Morgan fingerprint density at radius 3 is 2.68 bits per heavy atom. The zero-order chi connectivity index (χ0) is 24.8. The molecular formula is C24H28ClN3O6. The minimum absolute atomic E-state index is 0.180. The molecule has 9 nitrogen and oxygen atoms in total. The molecule has 1 aliphatic rings. The average Bonchev–Trinajstić information content (AvgIpc) is 3.14. The lowest BCUT2D eigenvalue weighted by atomic mass is 9.93. The molecule has 1 saturated heterocycles. The quantitative estimate of drug-likeness (QED) is 0.486. The van der Waals surface area contributed by atoms with E-state index in [1.165, 1.54) is 9.47 Å². The highest BCUT2D eigenvalue weighted by atomic mass is 35.5. The molecule has 2 unspecified atom stereocenters. The second-order valence-electron chi connectivity index (χ2n) is 9.36. The van der Waals surface area contributed by atoms with Gasteiger partial charge in [0.25, 0.3) is 5.56 Å². The summed E-state index contributed by atoms with van der Waals surface area (Å²) in [7, 11) is 0. The zero-order valence-electron chi connectivity index (χ0n) is 19.9. The predicted molar refractivity (Wildman–Crippen MR) is 127 cm³/mol. The average molecular weight is 490 g/mol. The highest BCUT2D eigenvalue weighted by Gasteiger charge is 2.43. The normalized spacial score (nSPS) is 18.9. The smallest absolute Gasteiger partial charge is 0.411 e. The number of hydrogen-bond donors (Lipinski definition) is 0. The van der Waals surface area contributed by atoms with Crippen LogP contribution in [-0.4, -0.2) is 45.4 Å². The summed E-state index contributed by atoms with van der Waals surface area (Å²) >= 11 is 6.55. The molecule has 182 valence electrons. The lowest BCUT2D eigenvalue weighted by molar-refractivity contribution is -0.154. The van der Waals surface area contributed by atoms with Crippen molar-refractivity contribution in [3.05, 3.63) is 39.3 Å². The fourth-order valence-electron chi connectivity index (χ4n) is 4.54. The molecule has 2 atom stereocenters. The fraction of sp³-hybridized carbons (Fsp3) is 0.500. The van der Waals surface area contributed by atoms with Crippen molar-refractivity contribution in [2.24, 2.45) is 5.92 Å². The Morgan fingerprint density at radius 1 is 1.26 bits per heavy atom. The van der Waals surface area contributed by atoms with Crippen LogP contribution in [0.2, 0.25) is 5.02 Å². The third kappa shape index (κ3) is 4.13. The number of carbonyl (C=O) groups is 2. The molecule has 3 aromatic rings. The highest BCUT2D eigenvalue weighted by Crippen LogP contribution is 2.38. The molecule has 1 amide bonds. The Hall–Kier alpha value is -3.07. The highest BCUT2D eigenvalue weighted by molar-refractivity contribution is 6.37. The Labute approximate surface area is 201 Å². The first-order valence-corrected chi connectivity index (χ1v) is 11.7. The van der Waals surface area contributed by atoms with Crippen molar-refractivity contribution < 1.29 is 23.6 Å². The summed E-state index contributed by atoms with van der Waals surface area (Å²) in [5.74, 6) is -0.938. The lowest BCUT2D eigenvalue weighted by Crippen LogP contribution is -2.51. The van der Waals surface area contributed by atoms with Crippen molar-refractivity contribution in [2.75, 3.05) is 13.2 Å². The SMILES string of the molecule is CCOC(=O)C1CCCN(C(=O)OC(C)(C)C)C1n1c(=O)c2c(C)onc2c2c(Cl)cccc21. The number of carbonyl (C=O) groups excluding carboxylic acids is 2. The first-order valence-electron chi connectivity index (χ1n) is 11.3. The number of ether oxygens (including phenoxy) is 2. The summed E-state index contributed by atoms with van der Waals surface area (Å²) < 4.78 is 17.8. The number of hydrogen-bond acceptors (Lipinski definition) is 7. The maximum absolute atomic E-state index is 13.9. The number of aromatic nitrogens is 2. The van der Waals surface area contributed by atoms with Gasteiger partial charge < -0.3 is 14.0 Å². The number of pyridine rings is 1. The van der Waals surface area contributed by atoms with E-state index in [2.05, 4.69) is 5.16 Å². The number of nitrogens with zero attached hydrogens (tertiary/aromatic N) is 3. The molecule has 0 saturated carbocycles. The third-order valence-corrected chi connectivity index (χ3v) is 6.17. The first-order chi connectivity index (χ1) is 16.0. The number of halogens is 1. The van der Waals surface area contributed by atoms with E-state index < -0.39 is 35.3 Å². The number of fused-ring (bicyclic) bond motifs is 3. The van der Waals surface area contributed by atoms with Crippen LogP contribution in [-0.2, 0) is 14.3 Å². The van der Waals surface area contributed by atoms with Crippen LogP contribution < -0.4 is 5.56 Å². The van der Waals surface area contributed by atoms with Gasteiger partial charge in [0.1, 0.15) is 28.4 Å². The number of likely N-dealkylation sites (tertiary alicyclic amines) is 1. The summed E-state index contributed by atoms with van der Waals surface area (Å²) in [5, 5.41) is 5.20. The molecule has 4 rings (SSSR count). The maximum Gasteiger partial charge on any atom is 0.411 e. The number of amides is 1. The Balaban J connectivity index is 2.03. The van der Waals surface area contributed by atoms with E-state index in [1.807, 2.05) is 0 Å². The van der Waals surface area contributed by atoms with E-state index in [0.29, 0.717) is 46.6 Å². The number of benzene rings is 1. The van der Waals surface area contributed by atoms with E-state index in [0.717, 1.165) is 0 Å². The van der Waals surface area contributed by atoms with Gasteiger partial charge in [0.15, 0.2) is 0 Å². The molecule has 10 heteroatoms. The van der Waals surface area contributed by atoms with Gasteiger partial charge in [0.05, 0.1) is 23.1 Å². The van der Waals surface area contributed by atoms with Gasteiger partial charge in [-0.2, -0.15) is 0 Å². The van der Waals surface area contributed by atoms with E-state index in [-0.39, 0.29) is 12.0 Å². The summed E-state index contributed by atoms with van der Waals surface area (Å²) in [6.45, 7) is 9.14. The van der Waals surface area contributed by atoms with Crippen LogP contribution >= 0.6 is 11.6 Å². The van der Waals surface area contributed by atoms with Crippen molar-refractivity contribution in [1.82, 2.24) is 14.6 Å². The number of rotatable bonds is 3. The first kappa shape index (κ1) is 24.1. The van der Waals surface area contributed by atoms with Crippen molar-refractivity contribution in [3.63, 3.8) is 0 Å². The van der Waals surface area contributed by atoms with Gasteiger partial charge in [0, 0.05) is 11.9 Å². The number of aryl methyl sites for hydroxylation is 1. The zero-order valence-corrected chi connectivity index (χ0v) is 20.6. The van der Waals surface area contributed by atoms with Crippen LogP contribution in [0.25, 0.3) is 21.8 Å². The Bertz CT molecular complexity index is 1320. The van der Waals surface area contributed by atoms with Crippen LogP contribution in [0, 0.1) is 12.8 Å². The molecule has 0 aliphatic carbocycles. The monoisotopic (exact) mass is 489 g/mol. The van der Waals surface area contributed by atoms with E-state index in [9.17, 15) is 14.4 Å². The Kier molecular flexibility index (Phi) is 6.33. The van der Waals surface area contributed by atoms with Gasteiger partial charge in [-0.1, -0.05) is 22.8 Å². The van der Waals surface area contributed by atoms with Crippen molar-refractivity contribution in [1.29, 1.82) is 0 Å². The third-order valence-electron chi connectivity index (χ3n) is 5.86. The number of piperidine rings is 1. The van der Waals surface area contributed by atoms with E-state index in [1.54, 1.807) is 52.8 Å². The van der Waals surface area contributed by atoms with Gasteiger partial charge >= 0.3 is 12.1 Å². The standard InChI is InChI=1S/C24H28ClN3O6/c1-6-32-22(30)14-9-8-12-27(23(31)33-24(3,4)5)20(14)28-16-11-7-10-15(25)18(16)19-17(21(28)29)13(2)34-26-19/h7,10-11,14,20H,6,8-9,12H2,1-5H3.